The molecule has 0 aromatic heterocycles. The summed E-state index contributed by atoms with van der Waals surface area (Å²) in [5.41, 5.74) is 0.297. The number of urea groups is 1. The highest BCUT2D eigenvalue weighted by molar-refractivity contribution is 5.99. The molecule has 0 saturated heterocycles. The number of aromatic carboxylic acids is 1. The predicted molar refractivity (Wildman–Crippen MR) is 63.9 cm³/mol. The zero-order chi connectivity index (χ0) is 12.7. The molecule has 88 valence electrons. The lowest BCUT2D eigenvalue weighted by Crippen LogP contribution is -2.29. The van der Waals surface area contributed by atoms with Gasteiger partial charge in [-0.1, -0.05) is 18.1 Å². The second kappa shape index (κ2) is 6.18. The molecule has 5 heteroatoms. The molecule has 3 N–H and O–H groups in total. The van der Waals surface area contributed by atoms with E-state index >= 15 is 0 Å². The van der Waals surface area contributed by atoms with E-state index in [9.17, 15) is 9.59 Å². The maximum atomic E-state index is 11.4. The summed E-state index contributed by atoms with van der Waals surface area (Å²) >= 11 is 0. The van der Waals surface area contributed by atoms with Crippen molar-refractivity contribution in [3.05, 3.63) is 29.8 Å². The van der Waals surface area contributed by atoms with Gasteiger partial charge in [0.2, 0.25) is 0 Å². The van der Waals surface area contributed by atoms with Crippen molar-refractivity contribution in [1.29, 1.82) is 0 Å². The molecule has 5 nitrogen and oxygen atoms in total. The van der Waals surface area contributed by atoms with Crippen LogP contribution in [0, 0.1) is 11.8 Å². The van der Waals surface area contributed by atoms with E-state index < -0.39 is 12.0 Å². The van der Waals surface area contributed by atoms with Crippen LogP contribution in [0.15, 0.2) is 24.3 Å². The second-order valence-electron chi connectivity index (χ2n) is 3.09. The lowest BCUT2D eigenvalue weighted by atomic mass is 10.2. The van der Waals surface area contributed by atoms with E-state index in [0.717, 1.165) is 0 Å². The van der Waals surface area contributed by atoms with E-state index in [1.165, 1.54) is 12.1 Å². The first kappa shape index (κ1) is 12.6. The van der Waals surface area contributed by atoms with Crippen LogP contribution < -0.4 is 10.6 Å². The van der Waals surface area contributed by atoms with Gasteiger partial charge in [0.05, 0.1) is 17.8 Å². The van der Waals surface area contributed by atoms with Crippen LogP contribution in [0.4, 0.5) is 10.5 Å². The number of rotatable bonds is 3. The molecule has 0 fully saturated rings. The van der Waals surface area contributed by atoms with Gasteiger partial charge in [-0.05, 0) is 19.1 Å². The number of benzene rings is 1. The molecule has 0 spiro atoms. The number of carbonyl (C=O) groups excluding carboxylic acids is 1. The highest BCUT2D eigenvalue weighted by Gasteiger charge is 2.10. The van der Waals surface area contributed by atoms with Crippen LogP contribution in [0.3, 0.4) is 0 Å². The third kappa shape index (κ3) is 3.87. The van der Waals surface area contributed by atoms with E-state index in [0.29, 0.717) is 0 Å². The number of anilines is 1. The van der Waals surface area contributed by atoms with Crippen LogP contribution in [-0.4, -0.2) is 23.7 Å². The molecule has 1 rings (SSSR count). The summed E-state index contributed by atoms with van der Waals surface area (Å²) in [5.74, 6) is 4.21. The number of amides is 2. The molecule has 0 aliphatic carbocycles. The first-order chi connectivity index (χ1) is 8.15. The van der Waals surface area contributed by atoms with Crippen molar-refractivity contribution >= 4 is 17.7 Å². The first-order valence-electron chi connectivity index (χ1n) is 4.92. The van der Waals surface area contributed by atoms with Crippen molar-refractivity contribution in [2.45, 2.75) is 6.92 Å². The molecular formula is C12H12N2O3. The van der Waals surface area contributed by atoms with Crippen LogP contribution in [0.5, 0.6) is 0 Å². The fourth-order valence-corrected chi connectivity index (χ4v) is 1.16. The monoisotopic (exact) mass is 232 g/mol. The summed E-state index contributed by atoms with van der Waals surface area (Å²) in [6.45, 7) is 1.89. The first-order valence-corrected chi connectivity index (χ1v) is 4.92. The lowest BCUT2D eigenvalue weighted by Gasteiger charge is -2.07. The molecule has 0 aliphatic rings. The molecule has 0 unspecified atom stereocenters. The van der Waals surface area contributed by atoms with E-state index in [-0.39, 0.29) is 17.8 Å². The minimum atomic E-state index is -1.09. The number of carbonyl (C=O) groups is 2. The molecular weight excluding hydrogens is 220 g/mol. The average molecular weight is 232 g/mol. The Labute approximate surface area is 98.8 Å². The van der Waals surface area contributed by atoms with Crippen LogP contribution in [-0.2, 0) is 0 Å². The molecule has 2 amide bonds. The Hall–Kier alpha value is -2.48. The maximum Gasteiger partial charge on any atom is 0.337 e. The van der Waals surface area contributed by atoms with E-state index in [4.69, 9.17) is 5.11 Å². The molecule has 0 radical (unpaired) electrons. The molecule has 1 aromatic rings. The molecule has 0 aliphatic heterocycles. The predicted octanol–water partition coefficient (Wildman–Crippen LogP) is 1.53. The van der Waals surface area contributed by atoms with Gasteiger partial charge in [-0.3, -0.25) is 0 Å². The molecule has 0 atom stereocenters. The Balaban J connectivity index is 2.70. The number of hydrogen-bond acceptors (Lipinski definition) is 2. The fraction of sp³-hybridized carbons (Fsp3) is 0.167. The van der Waals surface area contributed by atoms with Crippen LogP contribution in [0.2, 0.25) is 0 Å². The van der Waals surface area contributed by atoms with Crippen molar-refractivity contribution in [2.24, 2.45) is 0 Å². The van der Waals surface area contributed by atoms with Crippen molar-refractivity contribution in [3.8, 4) is 11.8 Å². The van der Waals surface area contributed by atoms with E-state index in [2.05, 4.69) is 22.5 Å². The minimum absolute atomic E-state index is 0.0456. The van der Waals surface area contributed by atoms with Crippen molar-refractivity contribution in [1.82, 2.24) is 5.32 Å². The van der Waals surface area contributed by atoms with Gasteiger partial charge in [0.25, 0.3) is 0 Å². The third-order valence-electron chi connectivity index (χ3n) is 1.92. The van der Waals surface area contributed by atoms with Crippen LogP contribution in [0.1, 0.15) is 17.3 Å². The average Bonchev–Trinajstić information content (AvgIpc) is 2.29. The summed E-state index contributed by atoms with van der Waals surface area (Å²) < 4.78 is 0. The molecule has 0 bridgehead atoms. The topological polar surface area (TPSA) is 78.4 Å². The van der Waals surface area contributed by atoms with Gasteiger partial charge in [-0.25, -0.2) is 9.59 Å². The maximum absolute atomic E-state index is 11.4. The quantitative estimate of drug-likeness (QED) is 0.691. The fourth-order valence-electron chi connectivity index (χ4n) is 1.16. The van der Waals surface area contributed by atoms with Crippen LogP contribution >= 0.6 is 0 Å². The summed E-state index contributed by atoms with van der Waals surface area (Å²) in [4.78, 5) is 22.2. The van der Waals surface area contributed by atoms with Gasteiger partial charge in [0.15, 0.2) is 0 Å². The van der Waals surface area contributed by atoms with Gasteiger partial charge in [0, 0.05) is 0 Å². The molecule has 17 heavy (non-hydrogen) atoms. The zero-order valence-electron chi connectivity index (χ0n) is 9.28. The van der Waals surface area contributed by atoms with E-state index in [1.54, 1.807) is 19.1 Å². The van der Waals surface area contributed by atoms with Gasteiger partial charge < -0.3 is 15.7 Å². The zero-order valence-corrected chi connectivity index (χ0v) is 9.28. The number of carboxylic acids is 1. The third-order valence-corrected chi connectivity index (χ3v) is 1.92. The number of para-hydroxylation sites is 1. The molecule has 0 saturated carbocycles. The summed E-state index contributed by atoms with van der Waals surface area (Å²) in [7, 11) is 0. The Bertz CT molecular complexity index is 486. The second-order valence-corrected chi connectivity index (χ2v) is 3.09. The Morgan fingerprint density at radius 3 is 2.71 bits per heavy atom. The number of hydrogen-bond donors (Lipinski definition) is 3. The Kier molecular flexibility index (Phi) is 4.58. The number of nitrogens with one attached hydrogen (secondary N) is 2. The smallest absolute Gasteiger partial charge is 0.337 e. The molecule has 0 heterocycles. The highest BCUT2D eigenvalue weighted by atomic mass is 16.4. The Morgan fingerprint density at radius 1 is 1.35 bits per heavy atom. The van der Waals surface area contributed by atoms with Crippen molar-refractivity contribution < 1.29 is 14.7 Å². The molecule has 1 aromatic carbocycles. The standard InChI is InChI=1S/C12H12N2O3/c1-2-3-8-13-12(17)14-10-7-5-4-6-9(10)11(15)16/h4-7H,8H2,1H3,(H,15,16)(H2,13,14,17). The lowest BCUT2D eigenvalue weighted by molar-refractivity contribution is 0.0698. The number of carboxylic acid groups (broad SMARTS) is 1. The van der Waals surface area contributed by atoms with Crippen LogP contribution in [0.25, 0.3) is 0 Å². The van der Waals surface area contributed by atoms with Crippen molar-refractivity contribution in [3.63, 3.8) is 0 Å². The van der Waals surface area contributed by atoms with Crippen molar-refractivity contribution in [2.75, 3.05) is 11.9 Å². The summed E-state index contributed by atoms with van der Waals surface area (Å²) in [6, 6.07) is 5.70. The summed E-state index contributed by atoms with van der Waals surface area (Å²) in [5, 5.41) is 13.8. The Morgan fingerprint density at radius 2 is 2.06 bits per heavy atom. The largest absolute Gasteiger partial charge is 0.478 e. The normalized spacial score (nSPS) is 8.76. The van der Waals surface area contributed by atoms with Gasteiger partial charge in [-0.2, -0.15) is 0 Å². The highest BCUT2D eigenvalue weighted by Crippen LogP contribution is 2.14. The van der Waals surface area contributed by atoms with Gasteiger partial charge >= 0.3 is 12.0 Å². The SMILES string of the molecule is CC#CCNC(=O)Nc1ccccc1C(=O)O. The van der Waals surface area contributed by atoms with Gasteiger partial charge in [-0.15, -0.1) is 5.92 Å². The minimum Gasteiger partial charge on any atom is -0.478 e. The van der Waals surface area contributed by atoms with E-state index in [1.807, 2.05) is 0 Å². The van der Waals surface area contributed by atoms with Gasteiger partial charge in [0.1, 0.15) is 0 Å². The summed E-state index contributed by atoms with van der Waals surface area (Å²) in [6.07, 6.45) is 0.